The SMILES string of the molecule is CC(CNC(=O)OCCOC(C)(C)C)CC(=O)OCCOC(C)(C)C. The highest BCUT2D eigenvalue weighted by Crippen LogP contribution is 2.07. The van der Waals surface area contributed by atoms with Crippen molar-refractivity contribution >= 4 is 12.1 Å². The Hall–Kier alpha value is -1.34. The van der Waals surface area contributed by atoms with Crippen molar-refractivity contribution < 1.29 is 28.5 Å². The molecule has 0 rings (SSSR count). The first-order valence-electron chi connectivity index (χ1n) is 8.73. The van der Waals surface area contributed by atoms with Gasteiger partial charge in [-0.2, -0.15) is 0 Å². The van der Waals surface area contributed by atoms with Crippen LogP contribution in [-0.2, 0) is 23.7 Å². The van der Waals surface area contributed by atoms with E-state index in [1.807, 2.05) is 48.5 Å². The van der Waals surface area contributed by atoms with Gasteiger partial charge in [0, 0.05) is 13.0 Å². The molecule has 0 aromatic heterocycles. The molecule has 0 bridgehead atoms. The number of hydrogen-bond donors (Lipinski definition) is 1. The van der Waals surface area contributed by atoms with Crippen molar-refractivity contribution in [1.82, 2.24) is 5.32 Å². The summed E-state index contributed by atoms with van der Waals surface area (Å²) in [6, 6.07) is 0. The minimum Gasteiger partial charge on any atom is -0.463 e. The summed E-state index contributed by atoms with van der Waals surface area (Å²) in [5.41, 5.74) is -0.505. The molecule has 0 saturated carbocycles. The normalized spacial score (nSPS) is 13.2. The van der Waals surface area contributed by atoms with E-state index in [2.05, 4.69) is 5.32 Å². The molecule has 7 heteroatoms. The third kappa shape index (κ3) is 17.3. The maximum Gasteiger partial charge on any atom is 0.407 e. The molecule has 0 radical (unpaired) electrons. The van der Waals surface area contributed by atoms with Gasteiger partial charge in [0.25, 0.3) is 0 Å². The van der Waals surface area contributed by atoms with Gasteiger partial charge in [-0.25, -0.2) is 4.79 Å². The smallest absolute Gasteiger partial charge is 0.407 e. The second-order valence-corrected chi connectivity index (χ2v) is 7.97. The van der Waals surface area contributed by atoms with Crippen molar-refractivity contribution in [3.63, 3.8) is 0 Å². The Morgan fingerprint density at radius 3 is 1.80 bits per heavy atom. The van der Waals surface area contributed by atoms with Gasteiger partial charge in [-0.15, -0.1) is 0 Å². The predicted octanol–water partition coefficient (Wildman–Crippen LogP) is 2.91. The van der Waals surface area contributed by atoms with Crippen LogP contribution in [0.3, 0.4) is 0 Å². The lowest BCUT2D eigenvalue weighted by molar-refractivity contribution is -0.147. The first kappa shape index (κ1) is 23.7. The van der Waals surface area contributed by atoms with E-state index in [0.29, 0.717) is 19.8 Å². The summed E-state index contributed by atoms with van der Waals surface area (Å²) in [6.45, 7) is 14.9. The number of nitrogens with one attached hydrogen (secondary N) is 1. The van der Waals surface area contributed by atoms with Crippen LogP contribution in [0, 0.1) is 5.92 Å². The number of rotatable bonds is 10. The molecule has 1 N–H and O–H groups in total. The van der Waals surface area contributed by atoms with E-state index in [-0.39, 0.29) is 42.7 Å². The average Bonchev–Trinajstić information content (AvgIpc) is 2.44. The van der Waals surface area contributed by atoms with Gasteiger partial charge in [-0.05, 0) is 47.5 Å². The maximum atomic E-state index is 11.7. The van der Waals surface area contributed by atoms with Crippen LogP contribution >= 0.6 is 0 Å². The van der Waals surface area contributed by atoms with Crippen LogP contribution in [-0.4, -0.2) is 56.2 Å². The number of ether oxygens (including phenoxy) is 4. The Morgan fingerprint density at radius 1 is 0.840 bits per heavy atom. The number of carbonyl (C=O) groups excluding carboxylic acids is 2. The molecular formula is C18H35NO6. The quantitative estimate of drug-likeness (QED) is 0.476. The molecule has 148 valence electrons. The third-order valence-electron chi connectivity index (χ3n) is 2.84. The Morgan fingerprint density at radius 2 is 1.32 bits per heavy atom. The second kappa shape index (κ2) is 11.3. The summed E-state index contributed by atoms with van der Waals surface area (Å²) in [7, 11) is 0. The van der Waals surface area contributed by atoms with E-state index in [1.165, 1.54) is 0 Å². The van der Waals surface area contributed by atoms with Crippen LogP contribution in [0.5, 0.6) is 0 Å². The van der Waals surface area contributed by atoms with Crippen molar-refractivity contribution in [2.45, 2.75) is 66.1 Å². The standard InChI is InChI=1S/C18H35NO6/c1-14(12-15(20)22-8-10-24-17(2,3)4)13-19-16(21)23-9-11-25-18(5,6)7/h14H,8-13H2,1-7H3,(H,19,21). The Bertz CT molecular complexity index is 397. The lowest BCUT2D eigenvalue weighted by Crippen LogP contribution is -2.31. The Labute approximate surface area is 151 Å². The monoisotopic (exact) mass is 361 g/mol. The van der Waals surface area contributed by atoms with Gasteiger partial charge in [0.2, 0.25) is 0 Å². The molecule has 0 heterocycles. The molecular weight excluding hydrogens is 326 g/mol. The summed E-state index contributed by atoms with van der Waals surface area (Å²) in [5.74, 6) is -0.354. The van der Waals surface area contributed by atoms with Crippen molar-refractivity contribution in [3.05, 3.63) is 0 Å². The van der Waals surface area contributed by atoms with E-state index in [1.54, 1.807) is 0 Å². The molecule has 0 aliphatic rings. The predicted molar refractivity (Wildman–Crippen MR) is 95.5 cm³/mol. The fraction of sp³-hybridized carbons (Fsp3) is 0.889. The zero-order valence-electron chi connectivity index (χ0n) is 16.8. The summed E-state index contributed by atoms with van der Waals surface area (Å²) >= 11 is 0. The lowest BCUT2D eigenvalue weighted by Gasteiger charge is -2.19. The molecule has 1 atom stereocenters. The van der Waals surface area contributed by atoms with Gasteiger partial charge in [0.15, 0.2) is 0 Å². The van der Waals surface area contributed by atoms with Gasteiger partial charge in [-0.1, -0.05) is 6.92 Å². The zero-order chi connectivity index (χ0) is 19.5. The second-order valence-electron chi connectivity index (χ2n) is 7.97. The van der Waals surface area contributed by atoms with E-state index in [4.69, 9.17) is 18.9 Å². The molecule has 1 unspecified atom stereocenters. The molecule has 0 aromatic rings. The molecule has 7 nitrogen and oxygen atoms in total. The number of carbonyl (C=O) groups is 2. The van der Waals surface area contributed by atoms with Crippen LogP contribution in [0.25, 0.3) is 0 Å². The van der Waals surface area contributed by atoms with E-state index in [0.717, 1.165) is 0 Å². The number of esters is 1. The topological polar surface area (TPSA) is 83.1 Å². The number of alkyl carbamates (subject to hydrolysis) is 1. The highest BCUT2D eigenvalue weighted by atomic mass is 16.6. The van der Waals surface area contributed by atoms with Gasteiger partial charge < -0.3 is 24.3 Å². The van der Waals surface area contributed by atoms with Crippen LogP contribution in [0.15, 0.2) is 0 Å². The largest absolute Gasteiger partial charge is 0.463 e. The van der Waals surface area contributed by atoms with E-state index >= 15 is 0 Å². The maximum absolute atomic E-state index is 11.7. The number of hydrogen-bond acceptors (Lipinski definition) is 6. The lowest BCUT2D eigenvalue weighted by atomic mass is 10.1. The number of amides is 1. The third-order valence-corrected chi connectivity index (χ3v) is 2.84. The van der Waals surface area contributed by atoms with Crippen molar-refractivity contribution in [1.29, 1.82) is 0 Å². The Kier molecular flexibility index (Phi) is 10.7. The van der Waals surface area contributed by atoms with Crippen molar-refractivity contribution in [2.24, 2.45) is 5.92 Å². The Balaban J connectivity index is 3.72. The van der Waals surface area contributed by atoms with Gasteiger partial charge >= 0.3 is 12.1 Å². The molecule has 0 saturated heterocycles. The fourth-order valence-corrected chi connectivity index (χ4v) is 1.71. The van der Waals surface area contributed by atoms with E-state index in [9.17, 15) is 9.59 Å². The van der Waals surface area contributed by atoms with Crippen molar-refractivity contribution in [2.75, 3.05) is 33.0 Å². The van der Waals surface area contributed by atoms with Gasteiger partial charge in [-0.3, -0.25) is 4.79 Å². The average molecular weight is 361 g/mol. The van der Waals surface area contributed by atoms with Crippen LogP contribution in [0.1, 0.15) is 54.9 Å². The minimum absolute atomic E-state index is 0.0468. The van der Waals surface area contributed by atoms with Crippen LogP contribution in [0.2, 0.25) is 0 Å². The van der Waals surface area contributed by atoms with Crippen LogP contribution < -0.4 is 5.32 Å². The summed E-state index contributed by atoms with van der Waals surface area (Å²) in [5, 5.41) is 2.62. The molecule has 0 aliphatic heterocycles. The van der Waals surface area contributed by atoms with E-state index < -0.39 is 6.09 Å². The highest BCUT2D eigenvalue weighted by Gasteiger charge is 2.14. The summed E-state index contributed by atoms with van der Waals surface area (Å²) in [6.07, 6.45) is -0.292. The summed E-state index contributed by atoms with van der Waals surface area (Å²) < 4.78 is 21.0. The summed E-state index contributed by atoms with van der Waals surface area (Å²) in [4.78, 5) is 23.2. The first-order chi connectivity index (χ1) is 11.4. The highest BCUT2D eigenvalue weighted by molar-refractivity contribution is 5.70. The van der Waals surface area contributed by atoms with Gasteiger partial charge in [0.1, 0.15) is 13.2 Å². The fourth-order valence-electron chi connectivity index (χ4n) is 1.71. The molecule has 0 fully saturated rings. The van der Waals surface area contributed by atoms with Gasteiger partial charge in [0.05, 0.1) is 24.4 Å². The minimum atomic E-state index is -0.517. The molecule has 1 amide bonds. The molecule has 0 aromatic carbocycles. The molecule has 25 heavy (non-hydrogen) atoms. The van der Waals surface area contributed by atoms with Crippen LogP contribution in [0.4, 0.5) is 4.79 Å². The molecule has 0 spiro atoms. The zero-order valence-corrected chi connectivity index (χ0v) is 16.8. The first-order valence-corrected chi connectivity index (χ1v) is 8.73. The molecule has 0 aliphatic carbocycles. The van der Waals surface area contributed by atoms with Crippen molar-refractivity contribution in [3.8, 4) is 0 Å².